The molecule has 0 N–H and O–H groups in total. The number of halogens is 1. The van der Waals surface area contributed by atoms with Crippen molar-refractivity contribution in [3.63, 3.8) is 0 Å². The van der Waals surface area contributed by atoms with Gasteiger partial charge in [-0.25, -0.2) is 4.98 Å². The molecule has 1 saturated carbocycles. The van der Waals surface area contributed by atoms with Crippen molar-refractivity contribution in [2.75, 3.05) is 14.2 Å². The monoisotopic (exact) mass is 351 g/mol. The number of methoxy groups -OCH3 is 1. The number of hydrogen-bond donors (Lipinski definition) is 0. The topological polar surface area (TPSA) is 47.4 Å². The summed E-state index contributed by atoms with van der Waals surface area (Å²) in [7, 11) is 5.46. The minimum absolute atomic E-state index is 0.0335. The van der Waals surface area contributed by atoms with Crippen molar-refractivity contribution in [1.82, 2.24) is 14.5 Å². The van der Waals surface area contributed by atoms with E-state index in [1.807, 2.05) is 35.7 Å². The predicted molar refractivity (Wildman–Crippen MR) is 84.3 cm³/mol. The van der Waals surface area contributed by atoms with Crippen LogP contribution in [0.1, 0.15) is 23.3 Å². The van der Waals surface area contributed by atoms with E-state index in [1.54, 1.807) is 13.3 Å². The molecule has 2 aromatic heterocycles. The van der Waals surface area contributed by atoms with E-state index in [1.165, 1.54) is 0 Å². The first kappa shape index (κ1) is 14.5. The van der Waals surface area contributed by atoms with Gasteiger partial charge < -0.3 is 14.2 Å². The Hall–Kier alpha value is -1.40. The maximum absolute atomic E-state index is 12.7. The third-order valence-electron chi connectivity index (χ3n) is 4.32. The van der Waals surface area contributed by atoms with Crippen LogP contribution in [0.15, 0.2) is 22.8 Å². The van der Waals surface area contributed by atoms with E-state index in [0.29, 0.717) is 5.69 Å². The van der Waals surface area contributed by atoms with E-state index in [4.69, 9.17) is 4.74 Å². The van der Waals surface area contributed by atoms with Crippen molar-refractivity contribution in [2.45, 2.75) is 25.0 Å². The van der Waals surface area contributed by atoms with E-state index in [-0.39, 0.29) is 18.1 Å². The minimum Gasteiger partial charge on any atom is -0.381 e. The number of pyridine rings is 1. The molecule has 5 nitrogen and oxygen atoms in total. The lowest BCUT2D eigenvalue weighted by molar-refractivity contribution is -0.0147. The average molecular weight is 352 g/mol. The number of ether oxygens (including phenoxy) is 1. The molecule has 112 valence electrons. The Kier molecular flexibility index (Phi) is 3.75. The average Bonchev–Trinajstić information content (AvgIpc) is 2.73. The molecule has 0 radical (unpaired) electrons. The summed E-state index contributed by atoms with van der Waals surface area (Å²) in [6.45, 7) is 0. The lowest BCUT2D eigenvalue weighted by Crippen LogP contribution is -2.48. The van der Waals surface area contributed by atoms with Gasteiger partial charge in [0.15, 0.2) is 0 Å². The van der Waals surface area contributed by atoms with Crippen LogP contribution < -0.4 is 0 Å². The van der Waals surface area contributed by atoms with E-state index in [2.05, 4.69) is 20.9 Å². The molecule has 0 unspecified atom stereocenters. The number of aromatic nitrogens is 2. The molecular formula is C15H18BrN3O2. The Morgan fingerprint density at radius 3 is 2.86 bits per heavy atom. The number of carbonyl (C=O) groups is 1. The lowest BCUT2D eigenvalue weighted by Gasteiger charge is -2.40. The summed E-state index contributed by atoms with van der Waals surface area (Å²) in [6.07, 6.45) is 3.85. The first-order valence-electron chi connectivity index (χ1n) is 6.92. The molecule has 0 aliphatic heterocycles. The molecule has 2 heterocycles. The standard InChI is InChI=1S/C15H18BrN3O2/c1-18(11-6-12(7-11)21-3)15(20)13-5-9-4-10(16)8-17-14(9)19(13)2/h4-5,8,11-12H,6-7H2,1-3H3. The van der Waals surface area contributed by atoms with Crippen LogP contribution >= 0.6 is 15.9 Å². The molecule has 6 heteroatoms. The van der Waals surface area contributed by atoms with Crippen LogP contribution in [0.25, 0.3) is 11.0 Å². The quantitative estimate of drug-likeness (QED) is 0.853. The number of carbonyl (C=O) groups excluding carboxylic acids is 1. The first-order chi connectivity index (χ1) is 10.0. The van der Waals surface area contributed by atoms with Crippen molar-refractivity contribution < 1.29 is 9.53 Å². The van der Waals surface area contributed by atoms with Crippen molar-refractivity contribution in [3.8, 4) is 0 Å². The number of aryl methyl sites for hydroxylation is 1. The maximum Gasteiger partial charge on any atom is 0.270 e. The Morgan fingerprint density at radius 2 is 2.19 bits per heavy atom. The van der Waals surface area contributed by atoms with Gasteiger partial charge in [0.1, 0.15) is 11.3 Å². The van der Waals surface area contributed by atoms with Crippen LogP contribution in [0.4, 0.5) is 0 Å². The van der Waals surface area contributed by atoms with E-state index in [0.717, 1.165) is 28.3 Å². The van der Waals surface area contributed by atoms with E-state index < -0.39 is 0 Å². The molecule has 1 amide bonds. The Bertz CT molecular complexity index is 692. The van der Waals surface area contributed by atoms with Gasteiger partial charge in [0.05, 0.1) is 6.10 Å². The van der Waals surface area contributed by atoms with Gasteiger partial charge in [0.2, 0.25) is 0 Å². The molecule has 2 aromatic rings. The van der Waals surface area contributed by atoms with Gasteiger partial charge in [0, 0.05) is 43.3 Å². The second kappa shape index (κ2) is 5.42. The zero-order valence-electron chi connectivity index (χ0n) is 12.3. The number of nitrogens with zero attached hydrogens (tertiary/aromatic N) is 3. The summed E-state index contributed by atoms with van der Waals surface area (Å²) in [6, 6.07) is 4.14. The van der Waals surface area contributed by atoms with Gasteiger partial charge in [-0.1, -0.05) is 0 Å². The molecule has 3 rings (SSSR count). The van der Waals surface area contributed by atoms with Gasteiger partial charge in [0.25, 0.3) is 5.91 Å². The molecule has 1 aliphatic carbocycles. The fourth-order valence-corrected chi connectivity index (χ4v) is 3.14. The molecule has 0 saturated heterocycles. The van der Waals surface area contributed by atoms with Crippen LogP contribution in [-0.2, 0) is 11.8 Å². The Balaban J connectivity index is 1.86. The van der Waals surface area contributed by atoms with Crippen LogP contribution in [0.2, 0.25) is 0 Å². The summed E-state index contributed by atoms with van der Waals surface area (Å²) in [5, 5.41) is 0.965. The second-order valence-corrected chi connectivity index (χ2v) is 6.47. The van der Waals surface area contributed by atoms with Crippen LogP contribution in [0.3, 0.4) is 0 Å². The third kappa shape index (κ3) is 2.46. The van der Waals surface area contributed by atoms with Gasteiger partial charge in [-0.05, 0) is 40.9 Å². The second-order valence-electron chi connectivity index (χ2n) is 5.55. The summed E-state index contributed by atoms with van der Waals surface area (Å²) in [4.78, 5) is 18.9. The molecule has 0 bridgehead atoms. The summed E-state index contributed by atoms with van der Waals surface area (Å²) < 4.78 is 8.04. The minimum atomic E-state index is 0.0335. The third-order valence-corrected chi connectivity index (χ3v) is 4.76. The van der Waals surface area contributed by atoms with Crippen molar-refractivity contribution in [3.05, 3.63) is 28.5 Å². The zero-order valence-corrected chi connectivity index (χ0v) is 13.9. The number of rotatable bonds is 3. The summed E-state index contributed by atoms with van der Waals surface area (Å²) >= 11 is 3.41. The fraction of sp³-hybridized carbons (Fsp3) is 0.467. The largest absolute Gasteiger partial charge is 0.381 e. The van der Waals surface area contributed by atoms with Gasteiger partial charge in [-0.15, -0.1) is 0 Å². The van der Waals surface area contributed by atoms with Crippen molar-refractivity contribution in [2.24, 2.45) is 7.05 Å². The number of amides is 1. The molecule has 1 fully saturated rings. The fourth-order valence-electron chi connectivity index (χ4n) is 2.79. The van der Waals surface area contributed by atoms with E-state index >= 15 is 0 Å². The molecule has 0 aromatic carbocycles. The normalized spacial score (nSPS) is 21.3. The Labute approximate surface area is 132 Å². The predicted octanol–water partition coefficient (Wildman–Crippen LogP) is 2.59. The van der Waals surface area contributed by atoms with Gasteiger partial charge >= 0.3 is 0 Å². The van der Waals surface area contributed by atoms with Crippen molar-refractivity contribution >= 4 is 32.9 Å². The lowest BCUT2D eigenvalue weighted by atomic mass is 9.88. The van der Waals surface area contributed by atoms with Gasteiger partial charge in [-0.3, -0.25) is 4.79 Å². The summed E-state index contributed by atoms with van der Waals surface area (Å²) in [5.74, 6) is 0.0335. The van der Waals surface area contributed by atoms with Crippen LogP contribution in [0.5, 0.6) is 0 Å². The van der Waals surface area contributed by atoms with Crippen LogP contribution in [-0.4, -0.2) is 46.7 Å². The summed E-state index contributed by atoms with van der Waals surface area (Å²) in [5.41, 5.74) is 1.48. The highest BCUT2D eigenvalue weighted by atomic mass is 79.9. The molecule has 21 heavy (non-hydrogen) atoms. The highest BCUT2D eigenvalue weighted by Crippen LogP contribution is 2.29. The van der Waals surface area contributed by atoms with E-state index in [9.17, 15) is 4.79 Å². The smallest absolute Gasteiger partial charge is 0.270 e. The number of hydrogen-bond acceptors (Lipinski definition) is 3. The highest BCUT2D eigenvalue weighted by molar-refractivity contribution is 9.10. The van der Waals surface area contributed by atoms with Gasteiger partial charge in [-0.2, -0.15) is 0 Å². The SMILES string of the molecule is COC1CC(N(C)C(=O)c2cc3cc(Br)cnc3n2C)C1. The highest BCUT2D eigenvalue weighted by Gasteiger charge is 2.35. The first-order valence-corrected chi connectivity index (χ1v) is 7.71. The maximum atomic E-state index is 12.7. The van der Waals surface area contributed by atoms with Crippen LogP contribution in [0, 0.1) is 0 Å². The Morgan fingerprint density at radius 1 is 1.48 bits per heavy atom. The molecule has 0 atom stereocenters. The molecule has 0 spiro atoms. The van der Waals surface area contributed by atoms with Crippen molar-refractivity contribution in [1.29, 1.82) is 0 Å². The molecule has 1 aliphatic rings. The molecular weight excluding hydrogens is 334 g/mol. The zero-order chi connectivity index (χ0) is 15.1. The number of fused-ring (bicyclic) bond motifs is 1.